The second-order valence-electron chi connectivity index (χ2n) is 3.79. The molecule has 1 saturated carbocycles. The number of halogens is 2. The van der Waals surface area contributed by atoms with Gasteiger partial charge in [0.1, 0.15) is 0 Å². The summed E-state index contributed by atoms with van der Waals surface area (Å²) in [5.41, 5.74) is 0. The van der Waals surface area contributed by atoms with Crippen molar-refractivity contribution in [3.8, 4) is 6.07 Å². The van der Waals surface area contributed by atoms with E-state index in [1.165, 1.54) is 6.07 Å². The first-order valence-corrected chi connectivity index (χ1v) is 5.96. The first-order valence-electron chi connectivity index (χ1n) is 5.17. The number of nitrogens with zero attached hydrogens (tertiary/aromatic N) is 3. The Morgan fingerprint density at radius 1 is 1.62 bits per heavy atom. The molecule has 0 amide bonds. The van der Waals surface area contributed by atoms with Crippen LogP contribution in [0.1, 0.15) is 19.3 Å². The molecule has 1 aliphatic rings. The van der Waals surface area contributed by atoms with Gasteiger partial charge in [0.25, 0.3) is 0 Å². The molecule has 0 aliphatic heterocycles. The summed E-state index contributed by atoms with van der Waals surface area (Å²) in [6.45, 7) is 0.548. The van der Waals surface area contributed by atoms with Crippen molar-refractivity contribution in [1.82, 2.24) is 4.98 Å². The molecule has 16 heavy (non-hydrogen) atoms. The molecule has 1 aromatic heterocycles. The fourth-order valence-electron chi connectivity index (χ4n) is 1.64. The van der Waals surface area contributed by atoms with E-state index in [1.54, 1.807) is 6.20 Å². The number of hydrogen-bond donors (Lipinski definition) is 0. The SMILES string of the molecule is N#CCCN(c1ncc(Br)cc1F)C1CC1. The van der Waals surface area contributed by atoms with E-state index in [9.17, 15) is 4.39 Å². The quantitative estimate of drug-likeness (QED) is 0.853. The van der Waals surface area contributed by atoms with Gasteiger partial charge in [0, 0.05) is 23.3 Å². The van der Waals surface area contributed by atoms with Crippen molar-refractivity contribution in [1.29, 1.82) is 5.26 Å². The standard InChI is InChI=1S/C11H11BrFN3/c12-8-6-10(13)11(15-7-8)16(5-1-4-14)9-2-3-9/h6-7,9H,1-3,5H2. The Morgan fingerprint density at radius 3 is 2.94 bits per heavy atom. The molecule has 0 unspecified atom stereocenters. The third-order valence-electron chi connectivity index (χ3n) is 2.51. The average Bonchev–Trinajstić information content (AvgIpc) is 3.05. The second kappa shape index (κ2) is 4.79. The van der Waals surface area contributed by atoms with Crippen molar-refractivity contribution in [2.24, 2.45) is 0 Å². The monoisotopic (exact) mass is 283 g/mol. The third-order valence-corrected chi connectivity index (χ3v) is 2.95. The van der Waals surface area contributed by atoms with Crippen molar-refractivity contribution in [2.45, 2.75) is 25.3 Å². The van der Waals surface area contributed by atoms with Gasteiger partial charge in [0.15, 0.2) is 11.6 Å². The fourth-order valence-corrected chi connectivity index (χ4v) is 1.94. The van der Waals surface area contributed by atoms with E-state index in [0.717, 1.165) is 12.8 Å². The highest BCUT2D eigenvalue weighted by Crippen LogP contribution is 2.32. The summed E-state index contributed by atoms with van der Waals surface area (Å²) < 4.78 is 14.3. The van der Waals surface area contributed by atoms with Crippen LogP contribution in [-0.2, 0) is 0 Å². The molecule has 0 N–H and O–H groups in total. The third kappa shape index (κ3) is 2.50. The highest BCUT2D eigenvalue weighted by molar-refractivity contribution is 9.10. The number of pyridine rings is 1. The van der Waals surface area contributed by atoms with Crippen LogP contribution in [0, 0.1) is 17.1 Å². The molecule has 1 aromatic rings. The van der Waals surface area contributed by atoms with E-state index in [1.807, 2.05) is 4.90 Å². The maximum absolute atomic E-state index is 13.7. The topological polar surface area (TPSA) is 39.9 Å². The summed E-state index contributed by atoms with van der Waals surface area (Å²) in [6.07, 6.45) is 4.10. The molecule has 84 valence electrons. The minimum Gasteiger partial charge on any atom is -0.350 e. The van der Waals surface area contributed by atoms with Crippen LogP contribution in [0.15, 0.2) is 16.7 Å². The zero-order valence-electron chi connectivity index (χ0n) is 8.66. The van der Waals surface area contributed by atoms with E-state index in [4.69, 9.17) is 5.26 Å². The maximum Gasteiger partial charge on any atom is 0.166 e. The minimum atomic E-state index is -0.334. The highest BCUT2D eigenvalue weighted by atomic mass is 79.9. The molecule has 1 aliphatic carbocycles. The lowest BCUT2D eigenvalue weighted by Gasteiger charge is -2.22. The zero-order valence-corrected chi connectivity index (χ0v) is 10.2. The van der Waals surface area contributed by atoms with Gasteiger partial charge in [-0.15, -0.1) is 0 Å². The number of hydrogen-bond acceptors (Lipinski definition) is 3. The Labute approximate surface area is 102 Å². The first-order chi connectivity index (χ1) is 7.72. The van der Waals surface area contributed by atoms with Crippen molar-refractivity contribution < 1.29 is 4.39 Å². The Kier molecular flexibility index (Phi) is 3.39. The van der Waals surface area contributed by atoms with Crippen LogP contribution in [0.2, 0.25) is 0 Å². The number of rotatable bonds is 4. The molecule has 0 radical (unpaired) electrons. The van der Waals surface area contributed by atoms with Crippen molar-refractivity contribution in [3.63, 3.8) is 0 Å². The summed E-state index contributed by atoms with van der Waals surface area (Å²) in [7, 11) is 0. The summed E-state index contributed by atoms with van der Waals surface area (Å²) in [6, 6.07) is 3.85. The van der Waals surface area contributed by atoms with Gasteiger partial charge >= 0.3 is 0 Å². The number of anilines is 1. The Morgan fingerprint density at radius 2 is 2.38 bits per heavy atom. The van der Waals surface area contributed by atoms with Crippen LogP contribution in [-0.4, -0.2) is 17.6 Å². The van der Waals surface area contributed by atoms with E-state index in [2.05, 4.69) is 27.0 Å². The van der Waals surface area contributed by atoms with Gasteiger partial charge in [-0.3, -0.25) is 0 Å². The first kappa shape index (κ1) is 11.3. The van der Waals surface area contributed by atoms with Crippen LogP contribution in [0.3, 0.4) is 0 Å². The Balaban J connectivity index is 2.21. The van der Waals surface area contributed by atoms with Gasteiger partial charge in [-0.05, 0) is 34.8 Å². The van der Waals surface area contributed by atoms with Crippen LogP contribution in [0.4, 0.5) is 10.2 Å². The minimum absolute atomic E-state index is 0.334. The maximum atomic E-state index is 13.7. The predicted octanol–water partition coefficient (Wildman–Crippen LogP) is 2.87. The van der Waals surface area contributed by atoms with Crippen molar-refractivity contribution in [3.05, 3.63) is 22.6 Å². The molecule has 2 rings (SSSR count). The molecule has 0 bridgehead atoms. The molecular weight excluding hydrogens is 273 g/mol. The van der Waals surface area contributed by atoms with E-state index >= 15 is 0 Å². The zero-order chi connectivity index (χ0) is 11.5. The largest absolute Gasteiger partial charge is 0.350 e. The summed E-state index contributed by atoms with van der Waals surface area (Å²) in [4.78, 5) is 5.98. The average molecular weight is 284 g/mol. The van der Waals surface area contributed by atoms with Gasteiger partial charge in [0.2, 0.25) is 0 Å². The van der Waals surface area contributed by atoms with Gasteiger partial charge in [-0.25, -0.2) is 9.37 Å². The lowest BCUT2D eigenvalue weighted by molar-refractivity contribution is 0.606. The van der Waals surface area contributed by atoms with Gasteiger partial charge in [-0.1, -0.05) is 0 Å². The smallest absolute Gasteiger partial charge is 0.166 e. The van der Waals surface area contributed by atoms with E-state index in [0.29, 0.717) is 29.3 Å². The molecule has 0 atom stereocenters. The van der Waals surface area contributed by atoms with Crippen LogP contribution in [0.5, 0.6) is 0 Å². The molecule has 1 heterocycles. The summed E-state index contributed by atoms with van der Waals surface area (Å²) >= 11 is 3.18. The molecular formula is C11H11BrFN3. The molecule has 1 fully saturated rings. The van der Waals surface area contributed by atoms with Gasteiger partial charge in [0.05, 0.1) is 12.5 Å². The highest BCUT2D eigenvalue weighted by Gasteiger charge is 2.31. The van der Waals surface area contributed by atoms with Crippen LogP contribution in [0.25, 0.3) is 0 Å². The lowest BCUT2D eigenvalue weighted by Crippen LogP contribution is -2.28. The van der Waals surface area contributed by atoms with Gasteiger partial charge < -0.3 is 4.90 Å². The molecule has 0 aromatic carbocycles. The normalized spacial score (nSPS) is 14.6. The second-order valence-corrected chi connectivity index (χ2v) is 4.71. The Hall–Kier alpha value is -1.15. The van der Waals surface area contributed by atoms with E-state index < -0.39 is 0 Å². The van der Waals surface area contributed by atoms with E-state index in [-0.39, 0.29) is 5.82 Å². The molecule has 5 heteroatoms. The number of aromatic nitrogens is 1. The van der Waals surface area contributed by atoms with Crippen LogP contribution >= 0.6 is 15.9 Å². The summed E-state index contributed by atoms with van der Waals surface area (Å²) in [5, 5.41) is 8.58. The molecule has 3 nitrogen and oxygen atoms in total. The number of nitriles is 1. The van der Waals surface area contributed by atoms with Crippen LogP contribution < -0.4 is 4.90 Å². The van der Waals surface area contributed by atoms with Crippen molar-refractivity contribution in [2.75, 3.05) is 11.4 Å². The Bertz CT molecular complexity index is 426. The predicted molar refractivity (Wildman–Crippen MR) is 62.5 cm³/mol. The van der Waals surface area contributed by atoms with Gasteiger partial charge in [-0.2, -0.15) is 5.26 Å². The molecule has 0 spiro atoms. The van der Waals surface area contributed by atoms with Crippen molar-refractivity contribution >= 4 is 21.7 Å². The lowest BCUT2D eigenvalue weighted by atomic mass is 10.3. The fraction of sp³-hybridized carbons (Fsp3) is 0.455. The summed E-state index contributed by atoms with van der Waals surface area (Å²) in [5.74, 6) is 0.0279. The molecule has 0 saturated heterocycles.